The molecular weight excluding hydrogens is 248 g/mol. The number of thiazole rings is 1. The third-order valence-electron chi connectivity index (χ3n) is 2.79. The highest BCUT2D eigenvalue weighted by atomic mass is 32.1. The fourth-order valence-corrected chi connectivity index (χ4v) is 2.60. The molecule has 4 nitrogen and oxygen atoms in total. The number of nitrogens with one attached hydrogen (secondary N) is 1. The molecule has 0 fully saturated rings. The normalized spacial score (nSPS) is 10.7. The van der Waals surface area contributed by atoms with Gasteiger partial charge in [0.15, 0.2) is 0 Å². The van der Waals surface area contributed by atoms with E-state index in [4.69, 9.17) is 4.74 Å². The molecule has 2 aromatic rings. The number of hydrogen-bond acceptors (Lipinski definition) is 4. The van der Waals surface area contributed by atoms with E-state index in [2.05, 4.69) is 9.97 Å². The van der Waals surface area contributed by atoms with Crippen molar-refractivity contribution in [3.63, 3.8) is 0 Å². The molecule has 2 rings (SSSR count). The van der Waals surface area contributed by atoms with Gasteiger partial charge in [-0.15, -0.1) is 11.3 Å². The molecule has 1 N–H and O–H groups in total. The fourth-order valence-electron chi connectivity index (χ4n) is 1.99. The standard InChI is InChI=1S/C13H16N2O2S/c1-5-17-13(16)11-7(2)12(14-8(11)3)10-6-18-9(4)15-10/h6,14H,5H2,1-4H3. The van der Waals surface area contributed by atoms with Crippen molar-refractivity contribution in [2.75, 3.05) is 6.61 Å². The van der Waals surface area contributed by atoms with Crippen molar-refractivity contribution < 1.29 is 9.53 Å². The summed E-state index contributed by atoms with van der Waals surface area (Å²) in [4.78, 5) is 19.5. The van der Waals surface area contributed by atoms with Crippen LogP contribution in [-0.4, -0.2) is 22.5 Å². The Bertz CT molecular complexity index is 584. The van der Waals surface area contributed by atoms with Gasteiger partial charge in [0.05, 0.1) is 28.6 Å². The molecule has 18 heavy (non-hydrogen) atoms. The molecule has 0 atom stereocenters. The Morgan fingerprint density at radius 3 is 2.72 bits per heavy atom. The van der Waals surface area contributed by atoms with Gasteiger partial charge in [-0.3, -0.25) is 0 Å². The van der Waals surface area contributed by atoms with Crippen molar-refractivity contribution in [3.05, 3.63) is 27.2 Å². The number of carbonyl (C=O) groups is 1. The van der Waals surface area contributed by atoms with Crippen LogP contribution in [0.3, 0.4) is 0 Å². The third kappa shape index (κ3) is 2.18. The molecule has 0 radical (unpaired) electrons. The van der Waals surface area contributed by atoms with E-state index in [1.54, 1.807) is 18.3 Å². The average molecular weight is 264 g/mol. The van der Waals surface area contributed by atoms with Gasteiger partial charge < -0.3 is 9.72 Å². The molecule has 0 saturated heterocycles. The Morgan fingerprint density at radius 2 is 2.17 bits per heavy atom. The van der Waals surface area contributed by atoms with Gasteiger partial charge in [-0.2, -0.15) is 0 Å². The second-order valence-electron chi connectivity index (χ2n) is 4.10. The number of aromatic nitrogens is 2. The molecule has 5 heteroatoms. The number of esters is 1. The molecule has 0 bridgehead atoms. The molecular formula is C13H16N2O2S. The summed E-state index contributed by atoms with van der Waals surface area (Å²) < 4.78 is 5.07. The van der Waals surface area contributed by atoms with Crippen LogP contribution in [-0.2, 0) is 4.74 Å². The van der Waals surface area contributed by atoms with Gasteiger partial charge in [-0.1, -0.05) is 0 Å². The smallest absolute Gasteiger partial charge is 0.340 e. The summed E-state index contributed by atoms with van der Waals surface area (Å²) in [5, 5.41) is 3.00. The van der Waals surface area contributed by atoms with Crippen LogP contribution >= 0.6 is 11.3 Å². The summed E-state index contributed by atoms with van der Waals surface area (Å²) >= 11 is 1.59. The van der Waals surface area contributed by atoms with E-state index < -0.39 is 0 Å². The number of ether oxygens (including phenoxy) is 1. The summed E-state index contributed by atoms with van der Waals surface area (Å²) in [6.45, 7) is 7.95. The predicted molar refractivity (Wildman–Crippen MR) is 72.1 cm³/mol. The van der Waals surface area contributed by atoms with Crippen molar-refractivity contribution in [2.24, 2.45) is 0 Å². The Labute approximate surface area is 110 Å². The van der Waals surface area contributed by atoms with Gasteiger partial charge in [-0.05, 0) is 33.3 Å². The molecule has 0 spiro atoms. The van der Waals surface area contributed by atoms with Crippen LogP contribution in [0, 0.1) is 20.8 Å². The van der Waals surface area contributed by atoms with E-state index in [0.717, 1.165) is 27.7 Å². The van der Waals surface area contributed by atoms with Crippen LogP contribution < -0.4 is 0 Å². The number of aryl methyl sites for hydroxylation is 2. The molecule has 0 aliphatic heterocycles. The predicted octanol–water partition coefficient (Wildman–Crippen LogP) is 3.24. The first-order valence-electron chi connectivity index (χ1n) is 5.83. The Morgan fingerprint density at radius 1 is 1.44 bits per heavy atom. The third-order valence-corrected chi connectivity index (χ3v) is 3.57. The highest BCUT2D eigenvalue weighted by Crippen LogP contribution is 2.28. The lowest BCUT2D eigenvalue weighted by atomic mass is 10.1. The second-order valence-corrected chi connectivity index (χ2v) is 5.16. The number of carbonyl (C=O) groups excluding carboxylic acids is 1. The zero-order valence-corrected chi connectivity index (χ0v) is 11.8. The second kappa shape index (κ2) is 4.94. The molecule has 96 valence electrons. The minimum Gasteiger partial charge on any atom is -0.462 e. The maximum atomic E-state index is 11.9. The van der Waals surface area contributed by atoms with Gasteiger partial charge in [0.1, 0.15) is 0 Å². The number of H-pyrrole nitrogens is 1. The SMILES string of the molecule is CCOC(=O)c1c(C)[nH]c(-c2csc(C)n2)c1C. The minimum atomic E-state index is -0.276. The van der Waals surface area contributed by atoms with Crippen LogP contribution in [0.2, 0.25) is 0 Å². The number of nitrogens with zero attached hydrogens (tertiary/aromatic N) is 1. The van der Waals surface area contributed by atoms with Gasteiger partial charge in [0.2, 0.25) is 0 Å². The molecule has 2 heterocycles. The van der Waals surface area contributed by atoms with E-state index in [0.29, 0.717) is 12.2 Å². The highest BCUT2D eigenvalue weighted by molar-refractivity contribution is 7.09. The van der Waals surface area contributed by atoms with Gasteiger partial charge >= 0.3 is 5.97 Å². The van der Waals surface area contributed by atoms with E-state index in [-0.39, 0.29) is 5.97 Å². The Balaban J connectivity index is 2.46. The Hall–Kier alpha value is -1.62. The van der Waals surface area contributed by atoms with Crippen LogP contribution in [0.1, 0.15) is 33.5 Å². The van der Waals surface area contributed by atoms with Gasteiger partial charge in [0, 0.05) is 11.1 Å². The monoisotopic (exact) mass is 264 g/mol. The summed E-state index contributed by atoms with van der Waals surface area (Å²) in [5.74, 6) is -0.276. The number of rotatable bonds is 3. The molecule has 0 unspecified atom stereocenters. The summed E-state index contributed by atoms with van der Waals surface area (Å²) in [6.07, 6.45) is 0. The van der Waals surface area contributed by atoms with Crippen LogP contribution in [0.5, 0.6) is 0 Å². The lowest BCUT2D eigenvalue weighted by Crippen LogP contribution is -2.06. The molecule has 0 amide bonds. The topological polar surface area (TPSA) is 55.0 Å². The van der Waals surface area contributed by atoms with E-state index >= 15 is 0 Å². The molecule has 0 saturated carbocycles. The largest absolute Gasteiger partial charge is 0.462 e. The van der Waals surface area contributed by atoms with Crippen LogP contribution in [0.25, 0.3) is 11.4 Å². The van der Waals surface area contributed by atoms with Crippen LogP contribution in [0.4, 0.5) is 0 Å². The zero-order valence-electron chi connectivity index (χ0n) is 11.0. The molecule has 0 aliphatic rings. The molecule has 0 aliphatic carbocycles. The van der Waals surface area contributed by atoms with Crippen molar-refractivity contribution in [2.45, 2.75) is 27.7 Å². The van der Waals surface area contributed by atoms with Crippen LogP contribution in [0.15, 0.2) is 5.38 Å². The van der Waals surface area contributed by atoms with Crippen molar-refractivity contribution in [1.29, 1.82) is 0 Å². The summed E-state index contributed by atoms with van der Waals surface area (Å²) in [7, 11) is 0. The average Bonchev–Trinajstić information content (AvgIpc) is 2.83. The van der Waals surface area contributed by atoms with E-state index in [1.807, 2.05) is 26.2 Å². The number of hydrogen-bond donors (Lipinski definition) is 1. The van der Waals surface area contributed by atoms with E-state index in [1.165, 1.54) is 0 Å². The quantitative estimate of drug-likeness (QED) is 0.866. The van der Waals surface area contributed by atoms with Gasteiger partial charge in [0.25, 0.3) is 0 Å². The maximum absolute atomic E-state index is 11.9. The molecule has 0 aromatic carbocycles. The first kappa shape index (κ1) is 12.8. The van der Waals surface area contributed by atoms with Crippen molar-refractivity contribution >= 4 is 17.3 Å². The van der Waals surface area contributed by atoms with Crippen molar-refractivity contribution in [3.8, 4) is 11.4 Å². The number of aromatic amines is 1. The summed E-state index contributed by atoms with van der Waals surface area (Å²) in [5.41, 5.74) is 4.13. The minimum absolute atomic E-state index is 0.276. The lowest BCUT2D eigenvalue weighted by Gasteiger charge is -2.02. The Kier molecular flexibility index (Phi) is 3.52. The first-order chi connectivity index (χ1) is 8.54. The van der Waals surface area contributed by atoms with Gasteiger partial charge in [-0.25, -0.2) is 9.78 Å². The zero-order chi connectivity index (χ0) is 13.3. The maximum Gasteiger partial charge on any atom is 0.340 e. The van der Waals surface area contributed by atoms with Crippen molar-refractivity contribution in [1.82, 2.24) is 9.97 Å². The van der Waals surface area contributed by atoms with E-state index in [9.17, 15) is 4.79 Å². The summed E-state index contributed by atoms with van der Waals surface area (Å²) in [6, 6.07) is 0. The first-order valence-corrected chi connectivity index (χ1v) is 6.71. The lowest BCUT2D eigenvalue weighted by molar-refractivity contribution is 0.0525. The fraction of sp³-hybridized carbons (Fsp3) is 0.385. The molecule has 2 aromatic heterocycles. The highest BCUT2D eigenvalue weighted by Gasteiger charge is 2.20.